The van der Waals surface area contributed by atoms with Gasteiger partial charge in [-0.05, 0) is 13.0 Å². The molecule has 0 saturated heterocycles. The maximum atomic E-state index is 11.0. The highest BCUT2D eigenvalue weighted by molar-refractivity contribution is 7.94. The van der Waals surface area contributed by atoms with E-state index in [9.17, 15) is 13.2 Å². The van der Waals surface area contributed by atoms with Gasteiger partial charge in [0.05, 0.1) is 11.8 Å². The normalized spacial score (nSPS) is 24.2. The monoisotopic (exact) mass is 204 g/mol. The third-order valence-electron chi connectivity index (χ3n) is 1.58. The van der Waals surface area contributed by atoms with Gasteiger partial charge in [-0.1, -0.05) is 0 Å². The van der Waals surface area contributed by atoms with E-state index in [0.29, 0.717) is 6.54 Å². The lowest BCUT2D eigenvalue weighted by molar-refractivity contribution is 0.240. The molecule has 1 rings (SSSR count). The number of amides is 2. The van der Waals surface area contributed by atoms with Gasteiger partial charge in [-0.3, -0.25) is 0 Å². The number of hydrogen-bond acceptors (Lipinski definition) is 3. The second kappa shape index (κ2) is 3.78. The number of rotatable bonds is 2. The lowest BCUT2D eigenvalue weighted by Gasteiger charge is -2.09. The molecule has 0 fully saturated rings. The van der Waals surface area contributed by atoms with Crippen LogP contribution in [0.5, 0.6) is 0 Å². The predicted molar refractivity (Wildman–Crippen MR) is 48.9 cm³/mol. The Bertz CT molecular complexity index is 321. The molecule has 13 heavy (non-hydrogen) atoms. The summed E-state index contributed by atoms with van der Waals surface area (Å²) in [6.07, 6.45) is 1.48. The molecule has 0 radical (unpaired) electrons. The van der Waals surface area contributed by atoms with E-state index in [2.05, 4.69) is 10.6 Å². The quantitative estimate of drug-likeness (QED) is 0.643. The summed E-state index contributed by atoms with van der Waals surface area (Å²) in [4.78, 5) is 11.0. The first-order valence-corrected chi connectivity index (χ1v) is 5.70. The molecule has 1 aliphatic heterocycles. The first-order chi connectivity index (χ1) is 6.03. The zero-order valence-corrected chi connectivity index (χ0v) is 8.10. The van der Waals surface area contributed by atoms with Crippen molar-refractivity contribution in [1.82, 2.24) is 10.6 Å². The molecule has 0 saturated carbocycles. The van der Waals surface area contributed by atoms with Crippen LogP contribution in [0.15, 0.2) is 11.5 Å². The van der Waals surface area contributed by atoms with Crippen LogP contribution in [0.3, 0.4) is 0 Å². The fourth-order valence-corrected chi connectivity index (χ4v) is 2.28. The Labute approximate surface area is 77.1 Å². The summed E-state index contributed by atoms with van der Waals surface area (Å²) in [6.45, 7) is 2.32. The first kappa shape index (κ1) is 10.0. The van der Waals surface area contributed by atoms with E-state index in [4.69, 9.17) is 0 Å². The average Bonchev–Trinajstić information content (AvgIpc) is 2.30. The fourth-order valence-electron chi connectivity index (χ4n) is 1.05. The van der Waals surface area contributed by atoms with Crippen molar-refractivity contribution in [3.63, 3.8) is 0 Å². The van der Waals surface area contributed by atoms with Gasteiger partial charge in [-0.25, -0.2) is 13.2 Å². The summed E-state index contributed by atoms with van der Waals surface area (Å²) < 4.78 is 21.8. The third-order valence-corrected chi connectivity index (χ3v) is 2.98. The molecule has 0 aromatic heterocycles. The van der Waals surface area contributed by atoms with Crippen molar-refractivity contribution in [3.05, 3.63) is 11.5 Å². The van der Waals surface area contributed by atoms with Crippen LogP contribution in [0.4, 0.5) is 4.79 Å². The van der Waals surface area contributed by atoms with Crippen LogP contribution in [-0.2, 0) is 9.84 Å². The number of carbonyl (C=O) groups is 1. The van der Waals surface area contributed by atoms with Gasteiger partial charge < -0.3 is 10.6 Å². The summed E-state index contributed by atoms with van der Waals surface area (Å²) in [5.41, 5.74) is 0. The van der Waals surface area contributed by atoms with E-state index in [1.54, 1.807) is 6.92 Å². The van der Waals surface area contributed by atoms with E-state index >= 15 is 0 Å². The van der Waals surface area contributed by atoms with Gasteiger partial charge >= 0.3 is 6.03 Å². The molecule has 2 N–H and O–H groups in total. The van der Waals surface area contributed by atoms with E-state index in [1.165, 1.54) is 6.08 Å². The Morgan fingerprint density at radius 2 is 2.31 bits per heavy atom. The summed E-state index contributed by atoms with van der Waals surface area (Å²) in [5.74, 6) is -0.0376. The topological polar surface area (TPSA) is 75.3 Å². The maximum absolute atomic E-state index is 11.0. The molecular weight excluding hydrogens is 192 g/mol. The van der Waals surface area contributed by atoms with Crippen LogP contribution >= 0.6 is 0 Å². The number of nitrogens with one attached hydrogen (secondary N) is 2. The van der Waals surface area contributed by atoms with E-state index in [1.807, 2.05) is 0 Å². The minimum atomic E-state index is -3.08. The van der Waals surface area contributed by atoms with Crippen molar-refractivity contribution >= 4 is 15.9 Å². The molecule has 2 amide bonds. The molecule has 0 aromatic rings. The Morgan fingerprint density at radius 3 is 2.77 bits per heavy atom. The molecule has 74 valence electrons. The molecule has 1 heterocycles. The standard InChI is InChI=1S/C7H12N2O3S/c1-2-8-7(10)9-6-3-4-13(11,12)5-6/h3-4,6H,2,5H2,1H3,(H2,8,9,10). The van der Waals surface area contributed by atoms with Gasteiger partial charge in [0.2, 0.25) is 0 Å². The third kappa shape index (κ3) is 3.06. The summed E-state index contributed by atoms with van der Waals surface area (Å²) in [5, 5.41) is 6.17. The van der Waals surface area contributed by atoms with Gasteiger partial charge in [-0.2, -0.15) is 0 Å². The number of hydrogen-bond donors (Lipinski definition) is 2. The molecule has 1 atom stereocenters. The SMILES string of the molecule is CCNC(=O)NC1C=CS(=O)(=O)C1. The molecule has 5 nitrogen and oxygen atoms in total. The molecule has 1 aliphatic rings. The fraction of sp³-hybridized carbons (Fsp3) is 0.571. The highest BCUT2D eigenvalue weighted by Crippen LogP contribution is 2.07. The largest absolute Gasteiger partial charge is 0.338 e. The van der Waals surface area contributed by atoms with Crippen molar-refractivity contribution in [2.24, 2.45) is 0 Å². The lowest BCUT2D eigenvalue weighted by atomic mass is 10.3. The maximum Gasteiger partial charge on any atom is 0.315 e. The number of carbonyl (C=O) groups excluding carboxylic acids is 1. The second-order valence-electron chi connectivity index (χ2n) is 2.77. The Hall–Kier alpha value is -1.04. The van der Waals surface area contributed by atoms with Crippen LogP contribution in [0.2, 0.25) is 0 Å². The Balaban J connectivity index is 2.42. The summed E-state index contributed by atoms with van der Waals surface area (Å²) >= 11 is 0. The zero-order valence-electron chi connectivity index (χ0n) is 7.28. The Morgan fingerprint density at radius 1 is 1.62 bits per heavy atom. The minimum Gasteiger partial charge on any atom is -0.338 e. The van der Waals surface area contributed by atoms with Gasteiger partial charge in [0.25, 0.3) is 0 Å². The predicted octanol–water partition coefficient (Wildman–Crippen LogP) is -0.384. The van der Waals surface area contributed by atoms with Crippen LogP contribution in [0.25, 0.3) is 0 Å². The van der Waals surface area contributed by atoms with Gasteiger partial charge in [0.1, 0.15) is 0 Å². The van der Waals surface area contributed by atoms with Crippen molar-refractivity contribution < 1.29 is 13.2 Å². The number of sulfone groups is 1. The van der Waals surface area contributed by atoms with Crippen LogP contribution in [-0.4, -0.2) is 32.8 Å². The van der Waals surface area contributed by atoms with Gasteiger partial charge in [-0.15, -0.1) is 0 Å². The highest BCUT2D eigenvalue weighted by atomic mass is 32.2. The summed E-state index contributed by atoms with van der Waals surface area (Å²) in [6, 6.07) is -0.731. The molecular formula is C7H12N2O3S. The second-order valence-corrected chi connectivity index (χ2v) is 4.70. The molecule has 0 spiro atoms. The molecule has 0 bridgehead atoms. The molecule has 0 aliphatic carbocycles. The molecule has 0 aromatic carbocycles. The summed E-state index contributed by atoms with van der Waals surface area (Å²) in [7, 11) is -3.08. The van der Waals surface area contributed by atoms with Crippen molar-refractivity contribution in [2.75, 3.05) is 12.3 Å². The first-order valence-electron chi connectivity index (χ1n) is 3.99. The van der Waals surface area contributed by atoms with Crippen LogP contribution in [0, 0.1) is 0 Å². The van der Waals surface area contributed by atoms with Crippen molar-refractivity contribution in [3.8, 4) is 0 Å². The van der Waals surface area contributed by atoms with Crippen LogP contribution in [0.1, 0.15) is 6.92 Å². The zero-order chi connectivity index (χ0) is 9.90. The van der Waals surface area contributed by atoms with Crippen LogP contribution < -0.4 is 10.6 Å². The van der Waals surface area contributed by atoms with Crippen molar-refractivity contribution in [2.45, 2.75) is 13.0 Å². The van der Waals surface area contributed by atoms with E-state index in [-0.39, 0.29) is 11.8 Å². The average molecular weight is 204 g/mol. The van der Waals surface area contributed by atoms with E-state index in [0.717, 1.165) is 5.41 Å². The Kier molecular flexibility index (Phi) is 2.92. The van der Waals surface area contributed by atoms with Gasteiger partial charge in [0.15, 0.2) is 9.84 Å². The van der Waals surface area contributed by atoms with Crippen molar-refractivity contribution in [1.29, 1.82) is 0 Å². The van der Waals surface area contributed by atoms with E-state index < -0.39 is 15.9 Å². The number of urea groups is 1. The smallest absolute Gasteiger partial charge is 0.315 e. The minimum absolute atomic E-state index is 0.0376. The molecule has 6 heteroatoms. The van der Waals surface area contributed by atoms with Gasteiger partial charge in [0, 0.05) is 12.0 Å². The lowest BCUT2D eigenvalue weighted by Crippen LogP contribution is -2.42. The highest BCUT2D eigenvalue weighted by Gasteiger charge is 2.22. The molecule has 1 unspecified atom stereocenters.